The molecule has 1 fully saturated rings. The predicted octanol–water partition coefficient (Wildman–Crippen LogP) is 2.64. The fourth-order valence-electron chi connectivity index (χ4n) is 2.98. The van der Waals surface area contributed by atoms with Crippen molar-refractivity contribution in [2.75, 3.05) is 13.2 Å². The van der Waals surface area contributed by atoms with E-state index in [-0.39, 0.29) is 37.3 Å². The number of rotatable bonds is 5. The molecule has 0 aliphatic carbocycles. The van der Waals surface area contributed by atoms with Crippen LogP contribution in [0.5, 0.6) is 0 Å². The van der Waals surface area contributed by atoms with Crippen molar-refractivity contribution in [3.63, 3.8) is 0 Å². The van der Waals surface area contributed by atoms with Crippen molar-refractivity contribution in [2.24, 2.45) is 5.92 Å². The van der Waals surface area contributed by atoms with Gasteiger partial charge in [0.1, 0.15) is 12.2 Å². The molecule has 1 aromatic rings. The van der Waals surface area contributed by atoms with Crippen molar-refractivity contribution >= 4 is 17.8 Å². The molecule has 1 heterocycles. The molecular weight excluding hydrogens is 298 g/mol. The molecule has 1 aromatic carbocycles. The van der Waals surface area contributed by atoms with Crippen LogP contribution in [0.15, 0.2) is 30.3 Å². The van der Waals surface area contributed by atoms with Crippen molar-refractivity contribution in [2.45, 2.75) is 32.2 Å². The summed E-state index contributed by atoms with van der Waals surface area (Å²) in [5.41, 5.74) is 0.864. The van der Waals surface area contributed by atoms with Gasteiger partial charge in [0.25, 0.3) is 0 Å². The first-order valence-electron chi connectivity index (χ1n) is 7.75. The number of hydrogen-bond acceptors (Lipinski definition) is 4. The Bertz CT molecular complexity index is 572. The molecule has 124 valence electrons. The van der Waals surface area contributed by atoms with E-state index in [9.17, 15) is 19.5 Å². The summed E-state index contributed by atoms with van der Waals surface area (Å²) in [5, 5.41) is 9.38. The number of carbonyl (C=O) groups is 3. The van der Waals surface area contributed by atoms with Crippen LogP contribution in [-0.2, 0) is 14.3 Å². The average molecular weight is 319 g/mol. The number of hydrogen-bond donors (Lipinski definition) is 1. The number of likely N-dealkylation sites (tertiary alicyclic amines) is 1. The van der Waals surface area contributed by atoms with E-state index >= 15 is 0 Å². The number of esters is 1. The predicted molar refractivity (Wildman–Crippen MR) is 82.9 cm³/mol. The Labute approximate surface area is 135 Å². The van der Waals surface area contributed by atoms with Crippen LogP contribution in [0, 0.1) is 5.92 Å². The number of Topliss-reactive ketones (excluding diaryl/α,β-unsaturated/α-hetero) is 1. The fraction of sp³-hybridized carbons (Fsp3) is 0.471. The SMILES string of the molecule is CCOC(=O)CC(=O)[C@H]1CCN(C(=O)O)[C@@H](c2ccccc2)C1. The van der Waals surface area contributed by atoms with Crippen LogP contribution < -0.4 is 0 Å². The van der Waals surface area contributed by atoms with Crippen LogP contribution >= 0.6 is 0 Å². The summed E-state index contributed by atoms with van der Waals surface area (Å²) >= 11 is 0. The first kappa shape index (κ1) is 17.0. The molecule has 6 nitrogen and oxygen atoms in total. The normalized spacial score (nSPS) is 20.8. The summed E-state index contributed by atoms with van der Waals surface area (Å²) in [6.45, 7) is 2.23. The number of benzene rings is 1. The van der Waals surface area contributed by atoms with Crippen molar-refractivity contribution in [1.29, 1.82) is 0 Å². The topological polar surface area (TPSA) is 83.9 Å². The van der Waals surface area contributed by atoms with Gasteiger partial charge in [-0.25, -0.2) is 4.79 Å². The second-order valence-corrected chi connectivity index (χ2v) is 5.57. The Hall–Kier alpha value is -2.37. The first-order chi connectivity index (χ1) is 11.0. The minimum absolute atomic E-state index is 0.172. The Kier molecular flexibility index (Phi) is 5.73. The van der Waals surface area contributed by atoms with Crippen molar-refractivity contribution in [1.82, 2.24) is 4.90 Å². The van der Waals surface area contributed by atoms with Gasteiger partial charge in [-0.3, -0.25) is 9.59 Å². The van der Waals surface area contributed by atoms with Crippen LogP contribution in [0.2, 0.25) is 0 Å². The van der Waals surface area contributed by atoms with E-state index in [1.807, 2.05) is 30.3 Å². The van der Waals surface area contributed by atoms with Gasteiger partial charge in [0.15, 0.2) is 0 Å². The molecule has 6 heteroatoms. The van der Waals surface area contributed by atoms with Gasteiger partial charge in [-0.1, -0.05) is 30.3 Å². The summed E-state index contributed by atoms with van der Waals surface area (Å²) < 4.78 is 4.81. The third-order valence-electron chi connectivity index (χ3n) is 4.11. The summed E-state index contributed by atoms with van der Waals surface area (Å²) in [5.74, 6) is -1.01. The van der Waals surface area contributed by atoms with Crippen LogP contribution in [-0.4, -0.2) is 41.0 Å². The van der Waals surface area contributed by atoms with Crippen LogP contribution in [0.3, 0.4) is 0 Å². The third-order valence-corrected chi connectivity index (χ3v) is 4.11. The van der Waals surface area contributed by atoms with E-state index in [1.54, 1.807) is 6.92 Å². The largest absolute Gasteiger partial charge is 0.466 e. The lowest BCUT2D eigenvalue weighted by molar-refractivity contribution is -0.146. The summed E-state index contributed by atoms with van der Waals surface area (Å²) in [6, 6.07) is 8.91. The molecule has 1 saturated heterocycles. The number of piperidine rings is 1. The molecule has 1 aliphatic heterocycles. The zero-order chi connectivity index (χ0) is 16.8. The first-order valence-corrected chi connectivity index (χ1v) is 7.75. The molecule has 1 amide bonds. The van der Waals surface area contributed by atoms with Gasteiger partial charge >= 0.3 is 12.1 Å². The monoisotopic (exact) mass is 319 g/mol. The van der Waals surface area contributed by atoms with Gasteiger partial charge in [-0.15, -0.1) is 0 Å². The number of amides is 1. The second-order valence-electron chi connectivity index (χ2n) is 5.57. The van der Waals surface area contributed by atoms with Crippen molar-refractivity contribution < 1.29 is 24.2 Å². The summed E-state index contributed by atoms with van der Waals surface area (Å²) in [7, 11) is 0. The van der Waals surface area contributed by atoms with Crippen LogP contribution in [0.25, 0.3) is 0 Å². The van der Waals surface area contributed by atoms with E-state index in [2.05, 4.69) is 0 Å². The highest BCUT2D eigenvalue weighted by molar-refractivity contribution is 5.96. The van der Waals surface area contributed by atoms with Gasteiger partial charge in [-0.05, 0) is 25.3 Å². The maximum absolute atomic E-state index is 12.3. The van der Waals surface area contributed by atoms with Crippen LogP contribution in [0.4, 0.5) is 4.79 Å². The summed E-state index contributed by atoms with van der Waals surface area (Å²) in [6.07, 6.45) is -0.398. The molecule has 2 atom stereocenters. The Morgan fingerprint density at radius 1 is 1.26 bits per heavy atom. The van der Waals surface area contributed by atoms with E-state index in [0.717, 1.165) is 5.56 Å². The Balaban J connectivity index is 2.10. The highest BCUT2D eigenvalue weighted by Crippen LogP contribution is 2.35. The molecule has 1 N–H and O–H groups in total. The molecule has 2 rings (SSSR count). The zero-order valence-electron chi connectivity index (χ0n) is 13.1. The van der Waals surface area contributed by atoms with Gasteiger partial charge in [-0.2, -0.15) is 0 Å². The molecular formula is C17H21NO5. The van der Waals surface area contributed by atoms with Gasteiger partial charge in [0.2, 0.25) is 0 Å². The van der Waals surface area contributed by atoms with Gasteiger partial charge in [0, 0.05) is 12.5 Å². The van der Waals surface area contributed by atoms with E-state index in [4.69, 9.17) is 4.74 Å². The second kappa shape index (κ2) is 7.76. The molecule has 0 saturated carbocycles. The maximum atomic E-state index is 12.3. The smallest absolute Gasteiger partial charge is 0.407 e. The highest BCUT2D eigenvalue weighted by atomic mass is 16.5. The molecule has 0 radical (unpaired) electrons. The van der Waals surface area contributed by atoms with Crippen molar-refractivity contribution in [3.05, 3.63) is 35.9 Å². The minimum atomic E-state index is -0.991. The van der Waals surface area contributed by atoms with E-state index in [0.29, 0.717) is 12.8 Å². The quantitative estimate of drug-likeness (QED) is 0.666. The van der Waals surface area contributed by atoms with Gasteiger partial charge < -0.3 is 14.7 Å². The molecule has 1 aliphatic rings. The number of ketones is 1. The molecule has 0 bridgehead atoms. The number of ether oxygens (including phenoxy) is 1. The number of carboxylic acid groups (broad SMARTS) is 1. The zero-order valence-corrected chi connectivity index (χ0v) is 13.1. The molecule has 0 unspecified atom stereocenters. The van der Waals surface area contributed by atoms with Gasteiger partial charge in [0.05, 0.1) is 12.6 Å². The Morgan fingerprint density at radius 3 is 2.57 bits per heavy atom. The standard InChI is InChI=1S/C17H21NO5/c1-2-23-16(20)11-15(19)13-8-9-18(17(21)22)14(10-13)12-6-4-3-5-7-12/h3-7,13-14H,2,8-11H2,1H3,(H,21,22)/t13-,14+/m0/s1. The minimum Gasteiger partial charge on any atom is -0.466 e. The Morgan fingerprint density at radius 2 is 1.96 bits per heavy atom. The highest BCUT2D eigenvalue weighted by Gasteiger charge is 2.35. The van der Waals surface area contributed by atoms with E-state index < -0.39 is 12.1 Å². The van der Waals surface area contributed by atoms with Crippen LogP contribution in [0.1, 0.15) is 37.8 Å². The number of carbonyl (C=O) groups excluding carboxylic acids is 2. The van der Waals surface area contributed by atoms with Crippen molar-refractivity contribution in [3.8, 4) is 0 Å². The lowest BCUT2D eigenvalue weighted by Crippen LogP contribution is -2.42. The molecule has 0 spiro atoms. The maximum Gasteiger partial charge on any atom is 0.407 e. The lowest BCUT2D eigenvalue weighted by Gasteiger charge is -2.37. The molecule has 0 aromatic heterocycles. The fourth-order valence-corrected chi connectivity index (χ4v) is 2.98. The average Bonchev–Trinajstić information content (AvgIpc) is 2.55. The third kappa shape index (κ3) is 4.31. The molecule has 23 heavy (non-hydrogen) atoms. The van der Waals surface area contributed by atoms with E-state index in [1.165, 1.54) is 4.90 Å². The summed E-state index contributed by atoms with van der Waals surface area (Å²) in [4.78, 5) is 36.6. The lowest BCUT2D eigenvalue weighted by atomic mass is 9.84. The number of nitrogens with zero attached hydrogens (tertiary/aromatic N) is 1.